The number of anilines is 1. The molecule has 0 bridgehead atoms. The molecule has 6 atom stereocenters. The highest BCUT2D eigenvalue weighted by Gasteiger charge is 2.47. The Morgan fingerprint density at radius 3 is 1.65 bits per heavy atom. The molecule has 294 valence electrons. The maximum absolute atomic E-state index is 11.8. The van der Waals surface area contributed by atoms with Crippen LogP contribution in [-0.2, 0) is 53.9 Å². The number of phosphoric ester groups is 1. The summed E-state index contributed by atoms with van der Waals surface area (Å²) in [6, 6.07) is 0. The van der Waals surface area contributed by atoms with Gasteiger partial charge in [-0.05, 0) is 6.92 Å². The van der Waals surface area contributed by atoms with Crippen molar-refractivity contribution in [1.29, 1.82) is 0 Å². The van der Waals surface area contributed by atoms with Crippen LogP contribution in [0.25, 0.3) is 0 Å². The van der Waals surface area contributed by atoms with Crippen LogP contribution in [-0.4, -0.2) is 99.1 Å². The number of nitrogen functional groups attached to an aromatic ring is 1. The predicted octanol–water partition coefficient (Wildman–Crippen LogP) is -3.47. The SMILES string of the molecule is Cc1cnc(=O)[nH]c1N.O=P(O)(O)OP(=O)(O)OP(=O)(O)O.O=c1[nH]cc([C@@H]2O[C@H](COP(=O)(O)OP(=O)(O)OP(=O)(O)O)[C@@H](O)[C@H]2O)c(=O)[nH]1. The van der Waals surface area contributed by atoms with Crippen LogP contribution in [0.2, 0.25) is 0 Å². The number of rotatable bonds is 12. The maximum Gasteiger partial charge on any atom is 0.490 e. The number of nitrogens with zero attached hydrogens (tertiary/aromatic N) is 1. The summed E-state index contributed by atoms with van der Waals surface area (Å²) in [6.45, 7) is 0.734. The van der Waals surface area contributed by atoms with E-state index >= 15 is 0 Å². The zero-order valence-electron chi connectivity index (χ0n) is 24.4. The molecule has 16 N–H and O–H groups in total. The van der Waals surface area contributed by atoms with Crippen LogP contribution in [0.4, 0.5) is 5.82 Å². The van der Waals surface area contributed by atoms with Crippen LogP contribution in [0, 0.1) is 6.92 Å². The Morgan fingerprint density at radius 2 is 1.24 bits per heavy atom. The summed E-state index contributed by atoms with van der Waals surface area (Å²) in [5, 5.41) is 19.9. The van der Waals surface area contributed by atoms with E-state index in [-0.39, 0.29) is 5.56 Å². The molecule has 0 aliphatic carbocycles. The van der Waals surface area contributed by atoms with Gasteiger partial charge >= 0.3 is 58.3 Å². The van der Waals surface area contributed by atoms with Gasteiger partial charge in [0.2, 0.25) is 0 Å². The number of nitrogens with two attached hydrogens (primary N) is 1. The van der Waals surface area contributed by atoms with Gasteiger partial charge in [-0.2, -0.15) is 17.2 Å². The molecule has 0 amide bonds. The van der Waals surface area contributed by atoms with Crippen molar-refractivity contribution in [2.45, 2.75) is 31.3 Å². The fourth-order valence-electron chi connectivity index (χ4n) is 3.00. The standard InChI is InChI=1S/C9H15N2O15P3.C5H7N3O.H5O10P3/c12-5-4(2-23-28(19,20)26-29(21,22)25-27(16,17)18)24-7(6(5)13)3-1-10-9(15)11-8(3)14;1-3-2-7-5(9)8-4(3)6;1-11(2,3)9-13(7,8)10-12(4,5)6/h1,4-7,12-13H,2H2,(H,19,20)(H,21,22)(H2,16,17,18)(H2,10,11,14,15);2H,1H3,(H3,6,7,8,9);(H,7,8)(H2,1,2,3)(H2,4,5,6)/t4-,5-,6-,7+;;/m1../s1. The summed E-state index contributed by atoms with van der Waals surface area (Å²) in [4.78, 5) is 118. The number of aliphatic hydroxyl groups excluding tert-OH is 2. The lowest BCUT2D eigenvalue weighted by atomic mass is 10.0. The number of phosphoric acid groups is 6. The van der Waals surface area contributed by atoms with Gasteiger partial charge in [-0.15, -0.1) is 0 Å². The van der Waals surface area contributed by atoms with Crippen LogP contribution in [0.5, 0.6) is 0 Å². The first-order valence-corrected chi connectivity index (χ1v) is 21.1. The van der Waals surface area contributed by atoms with Gasteiger partial charge in [0.15, 0.2) is 0 Å². The van der Waals surface area contributed by atoms with Crippen LogP contribution in [0.3, 0.4) is 0 Å². The molecule has 0 saturated carbocycles. The Labute approximate surface area is 279 Å². The van der Waals surface area contributed by atoms with E-state index in [1.807, 2.05) is 4.98 Å². The van der Waals surface area contributed by atoms with Crippen molar-refractivity contribution >= 4 is 52.8 Å². The zero-order chi connectivity index (χ0) is 40.0. The molecule has 1 aliphatic rings. The maximum atomic E-state index is 11.8. The summed E-state index contributed by atoms with van der Waals surface area (Å²) in [6.07, 6.45) is -4.22. The van der Waals surface area contributed by atoms with Crippen molar-refractivity contribution in [3.05, 3.63) is 54.8 Å². The lowest BCUT2D eigenvalue weighted by Gasteiger charge is -2.19. The molecule has 31 nitrogen and oxygen atoms in total. The number of H-pyrrole nitrogens is 3. The Kier molecular flexibility index (Phi) is 16.5. The number of aliphatic hydroxyl groups is 2. The van der Waals surface area contributed by atoms with Crippen molar-refractivity contribution in [2.75, 3.05) is 12.3 Å². The monoisotopic (exact) mass is 867 g/mol. The van der Waals surface area contributed by atoms with Gasteiger partial charge in [-0.3, -0.25) is 19.3 Å². The number of hydrogen-bond acceptors (Lipinski definition) is 19. The molecule has 0 spiro atoms. The van der Waals surface area contributed by atoms with E-state index in [1.165, 1.54) is 6.20 Å². The van der Waals surface area contributed by atoms with E-state index in [0.717, 1.165) is 11.8 Å². The molecule has 0 radical (unpaired) electrons. The minimum atomic E-state index is -5.73. The molecule has 1 saturated heterocycles. The average Bonchev–Trinajstić information content (AvgIpc) is 3.14. The van der Waals surface area contributed by atoms with Crippen LogP contribution < -0.4 is 22.7 Å². The average molecular weight is 867 g/mol. The van der Waals surface area contributed by atoms with Gasteiger partial charge in [0.25, 0.3) is 5.56 Å². The zero-order valence-corrected chi connectivity index (χ0v) is 29.8. The largest absolute Gasteiger partial charge is 0.490 e. The van der Waals surface area contributed by atoms with E-state index in [0.29, 0.717) is 5.82 Å². The van der Waals surface area contributed by atoms with E-state index in [2.05, 4.69) is 36.7 Å². The highest BCUT2D eigenvalue weighted by Crippen LogP contribution is 2.66. The number of hydrogen-bond donors (Lipinski definition) is 15. The van der Waals surface area contributed by atoms with Gasteiger partial charge < -0.3 is 69.7 Å². The molecule has 51 heavy (non-hydrogen) atoms. The normalized spacial score (nSPS) is 22.0. The molecule has 3 heterocycles. The molecule has 2 aromatic heterocycles. The summed E-state index contributed by atoms with van der Waals surface area (Å²) in [5.41, 5.74) is 3.62. The molecule has 3 rings (SSSR count). The highest BCUT2D eigenvalue weighted by atomic mass is 31.3. The van der Waals surface area contributed by atoms with E-state index in [4.69, 9.17) is 49.6 Å². The highest BCUT2D eigenvalue weighted by molar-refractivity contribution is 7.67. The molecule has 0 aromatic carbocycles. The summed E-state index contributed by atoms with van der Waals surface area (Å²) >= 11 is 0. The number of nitrogens with one attached hydrogen (secondary N) is 3. The van der Waals surface area contributed by atoms with Gasteiger partial charge in [-0.1, -0.05) is 0 Å². The topological polar surface area (TPSA) is 518 Å². The summed E-state index contributed by atoms with van der Waals surface area (Å²) in [5.74, 6) is 0.384. The lowest BCUT2D eigenvalue weighted by molar-refractivity contribution is -0.0227. The quantitative estimate of drug-likeness (QED) is 0.0922. The van der Waals surface area contributed by atoms with Crippen molar-refractivity contribution in [2.24, 2.45) is 0 Å². The summed E-state index contributed by atoms with van der Waals surface area (Å²) in [7, 11) is -32.9. The minimum Gasteiger partial charge on any atom is -0.387 e. The molecule has 2 unspecified atom stereocenters. The molecule has 1 aliphatic heterocycles. The number of aromatic nitrogens is 4. The van der Waals surface area contributed by atoms with Crippen LogP contribution in [0.15, 0.2) is 26.8 Å². The smallest absolute Gasteiger partial charge is 0.387 e. The van der Waals surface area contributed by atoms with E-state index < -0.39 is 94.9 Å². The Hall–Kier alpha value is -1.94. The number of ether oxygens (including phenoxy) is 1. The third-order valence-corrected chi connectivity index (χ3v) is 12.0. The Balaban J connectivity index is 0.000000483. The molecular weight excluding hydrogens is 840 g/mol. The second-order valence-corrected chi connectivity index (χ2v) is 17.5. The minimum absolute atomic E-state index is 0.294. The molecule has 1 fully saturated rings. The van der Waals surface area contributed by atoms with Gasteiger partial charge in [0.05, 0.1) is 12.2 Å². The van der Waals surface area contributed by atoms with Crippen molar-refractivity contribution in [3.8, 4) is 0 Å². The Morgan fingerprint density at radius 1 is 0.765 bits per heavy atom. The van der Waals surface area contributed by atoms with E-state index in [1.54, 1.807) is 6.92 Å². The van der Waals surface area contributed by atoms with Crippen molar-refractivity contribution in [3.63, 3.8) is 0 Å². The van der Waals surface area contributed by atoms with Gasteiger partial charge in [0, 0.05) is 18.0 Å². The molecule has 2 aromatic rings. The van der Waals surface area contributed by atoms with Gasteiger partial charge in [0.1, 0.15) is 30.2 Å². The summed E-state index contributed by atoms with van der Waals surface area (Å²) < 4.78 is 86.3. The first-order valence-electron chi connectivity index (χ1n) is 12.0. The van der Waals surface area contributed by atoms with Crippen molar-refractivity contribution in [1.82, 2.24) is 19.9 Å². The fourth-order valence-corrected chi connectivity index (χ4v) is 8.57. The molecule has 37 heteroatoms. The predicted molar refractivity (Wildman–Crippen MR) is 157 cm³/mol. The first-order chi connectivity index (χ1) is 22.7. The second-order valence-electron chi connectivity index (χ2n) is 8.89. The fraction of sp³-hybridized carbons (Fsp3) is 0.429. The van der Waals surface area contributed by atoms with Crippen molar-refractivity contribution < 1.29 is 108 Å². The lowest BCUT2D eigenvalue weighted by Crippen LogP contribution is -2.34. The number of aromatic amines is 3. The number of aryl methyl sites for hydroxylation is 1. The van der Waals surface area contributed by atoms with Gasteiger partial charge in [-0.25, -0.2) is 42.0 Å². The second kappa shape index (κ2) is 17.9. The third-order valence-electron chi connectivity index (χ3n) is 4.80. The Bertz CT molecular complexity index is 1950. The van der Waals surface area contributed by atoms with Crippen LogP contribution in [0.1, 0.15) is 17.2 Å². The third kappa shape index (κ3) is 18.6. The van der Waals surface area contributed by atoms with Crippen LogP contribution >= 0.6 is 46.9 Å². The first kappa shape index (κ1) is 47.1. The van der Waals surface area contributed by atoms with E-state index in [9.17, 15) is 56.9 Å². The molecular formula is C14H27N5O26P6.